The SMILES string of the molecule is NC(=S)c1ccc(N2CCC3(O)CCCCC3C2)c(F)c1. The van der Waals surface area contributed by atoms with Crippen LogP contribution in [-0.4, -0.2) is 28.8 Å². The van der Waals surface area contributed by atoms with Crippen molar-refractivity contribution < 1.29 is 9.50 Å². The van der Waals surface area contributed by atoms with Crippen LogP contribution >= 0.6 is 12.2 Å². The number of hydrogen-bond donors (Lipinski definition) is 2. The van der Waals surface area contributed by atoms with E-state index in [0.717, 1.165) is 32.2 Å². The van der Waals surface area contributed by atoms with Gasteiger partial charge in [-0.3, -0.25) is 0 Å². The van der Waals surface area contributed by atoms with Crippen molar-refractivity contribution in [1.29, 1.82) is 0 Å². The second kappa shape index (κ2) is 5.54. The van der Waals surface area contributed by atoms with Gasteiger partial charge in [-0.1, -0.05) is 25.1 Å². The highest BCUT2D eigenvalue weighted by atomic mass is 32.1. The quantitative estimate of drug-likeness (QED) is 0.825. The number of piperidine rings is 1. The molecule has 3 N–H and O–H groups in total. The molecular weight excluding hydrogens is 287 g/mol. The topological polar surface area (TPSA) is 49.5 Å². The van der Waals surface area contributed by atoms with Gasteiger partial charge in [0.1, 0.15) is 10.8 Å². The molecule has 1 aliphatic heterocycles. The zero-order valence-electron chi connectivity index (χ0n) is 12.0. The van der Waals surface area contributed by atoms with Gasteiger partial charge in [0.05, 0.1) is 11.3 Å². The molecule has 1 heterocycles. The van der Waals surface area contributed by atoms with Crippen molar-refractivity contribution in [3.63, 3.8) is 0 Å². The van der Waals surface area contributed by atoms with Crippen molar-refractivity contribution in [3.05, 3.63) is 29.6 Å². The van der Waals surface area contributed by atoms with Crippen LogP contribution in [0.25, 0.3) is 0 Å². The minimum atomic E-state index is -0.538. The third-order valence-electron chi connectivity index (χ3n) is 5.00. The summed E-state index contributed by atoms with van der Waals surface area (Å²) in [7, 11) is 0. The number of hydrogen-bond acceptors (Lipinski definition) is 3. The fourth-order valence-corrected chi connectivity index (χ4v) is 3.83. The van der Waals surface area contributed by atoms with Gasteiger partial charge in [0, 0.05) is 24.6 Å². The predicted molar refractivity (Wildman–Crippen MR) is 86.0 cm³/mol. The molecule has 2 fully saturated rings. The third kappa shape index (κ3) is 2.77. The van der Waals surface area contributed by atoms with E-state index in [-0.39, 0.29) is 16.7 Å². The lowest BCUT2D eigenvalue weighted by Gasteiger charge is -2.48. The minimum absolute atomic E-state index is 0.209. The van der Waals surface area contributed by atoms with Crippen LogP contribution in [0.5, 0.6) is 0 Å². The lowest BCUT2D eigenvalue weighted by molar-refractivity contribution is -0.0613. The Kier molecular flexibility index (Phi) is 3.88. The van der Waals surface area contributed by atoms with Crippen LogP contribution in [0.1, 0.15) is 37.7 Å². The van der Waals surface area contributed by atoms with Crippen molar-refractivity contribution in [3.8, 4) is 0 Å². The first-order valence-electron chi connectivity index (χ1n) is 7.56. The van der Waals surface area contributed by atoms with E-state index >= 15 is 0 Å². The molecule has 21 heavy (non-hydrogen) atoms. The second-order valence-corrected chi connectivity index (χ2v) is 6.71. The van der Waals surface area contributed by atoms with Crippen LogP contribution in [-0.2, 0) is 0 Å². The molecule has 2 atom stereocenters. The molecule has 0 spiro atoms. The standard InChI is InChI=1S/C16H21FN2OS/c17-13-9-11(15(18)21)4-5-14(13)19-8-7-16(20)6-2-1-3-12(16)10-19/h4-5,9,12,20H,1-3,6-8,10H2,(H2,18,21). The highest BCUT2D eigenvalue weighted by Crippen LogP contribution is 2.41. The molecular formula is C16H21FN2OS. The Labute approximate surface area is 129 Å². The first kappa shape index (κ1) is 14.7. The molecule has 1 aromatic carbocycles. The number of anilines is 1. The lowest BCUT2D eigenvalue weighted by Crippen LogP contribution is -2.53. The largest absolute Gasteiger partial charge is 0.389 e. The lowest BCUT2D eigenvalue weighted by atomic mass is 9.71. The Balaban J connectivity index is 1.81. The van der Waals surface area contributed by atoms with Gasteiger partial charge >= 0.3 is 0 Å². The van der Waals surface area contributed by atoms with Gasteiger partial charge in [0.15, 0.2) is 0 Å². The molecule has 3 rings (SSSR count). The maximum Gasteiger partial charge on any atom is 0.147 e. The molecule has 1 aromatic rings. The molecule has 1 aliphatic carbocycles. The average Bonchev–Trinajstić information content (AvgIpc) is 2.46. The Morgan fingerprint density at radius 2 is 2.19 bits per heavy atom. The van der Waals surface area contributed by atoms with E-state index in [0.29, 0.717) is 24.2 Å². The van der Waals surface area contributed by atoms with Crippen molar-refractivity contribution >= 4 is 22.9 Å². The van der Waals surface area contributed by atoms with Gasteiger partial charge in [-0.15, -0.1) is 0 Å². The monoisotopic (exact) mass is 308 g/mol. The fraction of sp³-hybridized carbons (Fsp3) is 0.562. The van der Waals surface area contributed by atoms with Crippen LogP contribution in [0, 0.1) is 11.7 Å². The first-order valence-corrected chi connectivity index (χ1v) is 7.97. The van der Waals surface area contributed by atoms with E-state index < -0.39 is 5.60 Å². The van der Waals surface area contributed by atoms with Crippen LogP contribution < -0.4 is 10.6 Å². The highest BCUT2D eigenvalue weighted by molar-refractivity contribution is 7.80. The van der Waals surface area contributed by atoms with E-state index in [4.69, 9.17) is 18.0 Å². The number of halogens is 1. The summed E-state index contributed by atoms with van der Waals surface area (Å²) in [6, 6.07) is 4.92. The van der Waals surface area contributed by atoms with E-state index in [1.807, 2.05) is 4.90 Å². The van der Waals surface area contributed by atoms with Crippen molar-refractivity contribution in [2.45, 2.75) is 37.7 Å². The van der Waals surface area contributed by atoms with Crippen LogP contribution in [0.4, 0.5) is 10.1 Å². The zero-order valence-corrected chi connectivity index (χ0v) is 12.8. The van der Waals surface area contributed by atoms with Gasteiger partial charge in [0.25, 0.3) is 0 Å². The molecule has 114 valence electrons. The number of thiocarbonyl (C=S) groups is 1. The van der Waals surface area contributed by atoms with Gasteiger partial charge in [0.2, 0.25) is 0 Å². The van der Waals surface area contributed by atoms with Crippen LogP contribution in [0.2, 0.25) is 0 Å². The molecule has 5 heteroatoms. The number of nitrogens with two attached hydrogens (primary N) is 1. The summed E-state index contributed by atoms with van der Waals surface area (Å²) >= 11 is 4.88. The summed E-state index contributed by atoms with van der Waals surface area (Å²) in [6.45, 7) is 1.41. The third-order valence-corrected chi connectivity index (χ3v) is 5.24. The number of fused-ring (bicyclic) bond motifs is 1. The van der Waals surface area contributed by atoms with Crippen molar-refractivity contribution in [2.24, 2.45) is 11.7 Å². The number of nitrogens with zero attached hydrogens (tertiary/aromatic N) is 1. The van der Waals surface area contributed by atoms with Gasteiger partial charge in [-0.05, 0) is 37.5 Å². The highest BCUT2D eigenvalue weighted by Gasteiger charge is 2.43. The van der Waals surface area contributed by atoms with Gasteiger partial charge < -0.3 is 15.7 Å². The fourth-order valence-electron chi connectivity index (χ4n) is 3.71. The molecule has 1 saturated carbocycles. The minimum Gasteiger partial charge on any atom is -0.389 e. The zero-order chi connectivity index (χ0) is 15.0. The Bertz CT molecular complexity index is 565. The van der Waals surface area contributed by atoms with Gasteiger partial charge in [-0.25, -0.2) is 4.39 Å². The molecule has 0 aromatic heterocycles. The number of rotatable bonds is 2. The van der Waals surface area contributed by atoms with Crippen molar-refractivity contribution in [1.82, 2.24) is 0 Å². The van der Waals surface area contributed by atoms with Crippen LogP contribution in [0.15, 0.2) is 18.2 Å². The number of benzene rings is 1. The van der Waals surface area contributed by atoms with E-state index in [1.165, 1.54) is 6.07 Å². The summed E-state index contributed by atoms with van der Waals surface area (Å²) in [5.41, 5.74) is 6.14. The summed E-state index contributed by atoms with van der Waals surface area (Å²) in [6.07, 6.45) is 4.88. The Morgan fingerprint density at radius 3 is 2.90 bits per heavy atom. The second-order valence-electron chi connectivity index (χ2n) is 6.27. The Hall–Kier alpha value is -1.20. The average molecular weight is 308 g/mol. The van der Waals surface area contributed by atoms with E-state index in [9.17, 15) is 9.50 Å². The smallest absolute Gasteiger partial charge is 0.147 e. The molecule has 2 aliphatic rings. The summed E-state index contributed by atoms with van der Waals surface area (Å²) in [5, 5.41) is 10.7. The molecule has 1 saturated heterocycles. The van der Waals surface area contributed by atoms with E-state index in [1.54, 1.807) is 12.1 Å². The molecule has 0 amide bonds. The molecule has 0 radical (unpaired) electrons. The predicted octanol–water partition coefficient (Wildman–Crippen LogP) is 2.59. The molecule has 2 unspecified atom stereocenters. The summed E-state index contributed by atoms with van der Waals surface area (Å²) in [5.74, 6) is -0.0452. The molecule has 0 bridgehead atoms. The Morgan fingerprint density at radius 1 is 1.38 bits per heavy atom. The van der Waals surface area contributed by atoms with Crippen molar-refractivity contribution in [2.75, 3.05) is 18.0 Å². The normalized spacial score (nSPS) is 29.0. The maximum atomic E-state index is 14.3. The summed E-state index contributed by atoms with van der Waals surface area (Å²) < 4.78 is 14.3. The molecule has 3 nitrogen and oxygen atoms in total. The first-order chi connectivity index (χ1) is 9.99. The summed E-state index contributed by atoms with van der Waals surface area (Å²) in [4.78, 5) is 2.25. The van der Waals surface area contributed by atoms with E-state index in [2.05, 4.69) is 0 Å². The number of aliphatic hydroxyl groups is 1. The van der Waals surface area contributed by atoms with Gasteiger partial charge in [-0.2, -0.15) is 0 Å². The van der Waals surface area contributed by atoms with Crippen LogP contribution in [0.3, 0.4) is 0 Å². The maximum absolute atomic E-state index is 14.3.